The maximum absolute atomic E-state index is 14.1. The molecular formula is C72H62F24N6O8S4. The van der Waals surface area contributed by atoms with Gasteiger partial charge in [-0.25, -0.2) is 33.7 Å². The molecule has 114 heavy (non-hydrogen) atoms. The molecule has 8 aromatic carbocycles. The SMILES string of the molecule is CC(C)(C)c1cc(S(=O)(=O)Nc2cc(C(F)(F)F)cc(C(F)(F)F)c2)c2[nH]c3c(S(=O)(=O)Nc4cc(C(F)(F)F)cc(C(F)(F)F)c4)cc(C(C)(C)C)cc3c2c1.CC(C)(C)c1cc(S(=O)(=O)Nc2cc(C(F)(F)F)cc(C(F)(F)F)c2)c2[nH]c3c(S(=O)(=O)Nc4cc(C(F)(F)F)cc(C(F)(F)F)c4)cc(C(C)(C)C)cc3c2c1. The average Bonchev–Trinajstić information content (AvgIpc) is 1.57. The molecule has 0 amide bonds. The maximum Gasteiger partial charge on any atom is 0.416 e. The van der Waals surface area contributed by atoms with Crippen LogP contribution in [0.2, 0.25) is 0 Å². The summed E-state index contributed by atoms with van der Waals surface area (Å²) in [5, 5.41) is -0.0600. The smallest absolute Gasteiger partial charge is 0.352 e. The molecule has 2 aromatic heterocycles. The molecule has 0 bridgehead atoms. The van der Waals surface area contributed by atoms with Gasteiger partial charge in [-0.3, -0.25) is 18.9 Å². The lowest BCUT2D eigenvalue weighted by Crippen LogP contribution is -2.18. The van der Waals surface area contributed by atoms with Crippen molar-refractivity contribution in [2.45, 2.75) is 174 Å². The highest BCUT2D eigenvalue weighted by Crippen LogP contribution is 2.48. The number of aromatic nitrogens is 2. The predicted molar refractivity (Wildman–Crippen MR) is 375 cm³/mol. The minimum atomic E-state index is -5.33. The van der Waals surface area contributed by atoms with Gasteiger partial charge in [0.15, 0.2) is 0 Å². The Kier molecular flexibility index (Phi) is 22.0. The molecule has 0 aliphatic heterocycles. The Bertz CT molecular complexity index is 5130. The van der Waals surface area contributed by atoms with Crippen LogP contribution in [0.15, 0.2) is 141 Å². The Morgan fingerprint density at radius 2 is 0.333 bits per heavy atom. The first-order chi connectivity index (χ1) is 51.0. The van der Waals surface area contributed by atoms with Crippen LogP contribution in [0.5, 0.6) is 0 Å². The number of nitrogens with one attached hydrogen (secondary N) is 6. The summed E-state index contributed by atoms with van der Waals surface area (Å²) in [6.07, 6.45) is -42.7. The third kappa shape index (κ3) is 19.3. The van der Waals surface area contributed by atoms with E-state index in [0.717, 1.165) is 24.3 Å². The van der Waals surface area contributed by atoms with Gasteiger partial charge in [-0.05, 0) is 165 Å². The van der Waals surface area contributed by atoms with Crippen molar-refractivity contribution in [3.05, 3.63) is 188 Å². The number of H-pyrrole nitrogens is 2. The molecule has 10 aromatic rings. The number of fused-ring (bicyclic) bond motifs is 6. The van der Waals surface area contributed by atoms with Crippen molar-refractivity contribution in [3.63, 3.8) is 0 Å². The molecule has 0 aliphatic carbocycles. The molecule has 0 aliphatic rings. The van der Waals surface area contributed by atoms with Crippen LogP contribution in [-0.2, 0) is 111 Å². The van der Waals surface area contributed by atoms with E-state index in [1.165, 1.54) is 24.3 Å². The van der Waals surface area contributed by atoms with Crippen molar-refractivity contribution in [2.24, 2.45) is 0 Å². The fourth-order valence-corrected chi connectivity index (χ4v) is 16.6. The number of alkyl halides is 24. The lowest BCUT2D eigenvalue weighted by Gasteiger charge is -2.22. The van der Waals surface area contributed by atoms with Crippen molar-refractivity contribution in [1.29, 1.82) is 0 Å². The summed E-state index contributed by atoms with van der Waals surface area (Å²) in [6, 6.07) is 10.4. The molecule has 0 spiro atoms. The highest BCUT2D eigenvalue weighted by Gasteiger charge is 2.44. The molecule has 0 fully saturated rings. The first-order valence-electron chi connectivity index (χ1n) is 32.5. The van der Waals surface area contributed by atoms with Crippen LogP contribution in [0.3, 0.4) is 0 Å². The lowest BCUT2D eigenvalue weighted by molar-refractivity contribution is -0.144. The van der Waals surface area contributed by atoms with Gasteiger partial charge in [0, 0.05) is 21.5 Å². The summed E-state index contributed by atoms with van der Waals surface area (Å²) < 4.78 is 447. The van der Waals surface area contributed by atoms with Crippen LogP contribution in [0.4, 0.5) is 128 Å². The topological polar surface area (TPSA) is 216 Å². The lowest BCUT2D eigenvalue weighted by atomic mass is 9.85. The van der Waals surface area contributed by atoms with E-state index in [9.17, 15) is 139 Å². The van der Waals surface area contributed by atoms with E-state index in [1.54, 1.807) is 102 Å². The number of hydrogen-bond acceptors (Lipinski definition) is 8. The zero-order valence-corrected chi connectivity index (χ0v) is 63.8. The normalized spacial score (nSPS) is 14.1. The number of anilines is 4. The molecule has 0 saturated heterocycles. The predicted octanol–water partition coefficient (Wildman–Crippen LogP) is 23.2. The third-order valence-corrected chi connectivity index (χ3v) is 23.1. The minimum Gasteiger partial charge on any atom is -0.352 e. The molecule has 0 unspecified atom stereocenters. The number of aromatic amines is 2. The van der Waals surface area contributed by atoms with Gasteiger partial charge in [-0.1, -0.05) is 83.1 Å². The van der Waals surface area contributed by atoms with Crippen molar-refractivity contribution in [3.8, 4) is 0 Å². The summed E-state index contributed by atoms with van der Waals surface area (Å²) in [6.45, 7) is 19.7. The number of hydrogen-bond donors (Lipinski definition) is 6. The Balaban J connectivity index is 0.000000261. The van der Waals surface area contributed by atoms with Gasteiger partial charge in [0.25, 0.3) is 40.1 Å². The van der Waals surface area contributed by atoms with E-state index in [2.05, 4.69) is 9.97 Å². The fourth-order valence-electron chi connectivity index (χ4n) is 11.6. The number of halogens is 24. The summed E-state index contributed by atoms with van der Waals surface area (Å²) in [5.41, 5.74) is -23.3. The van der Waals surface area contributed by atoms with Crippen molar-refractivity contribution in [2.75, 3.05) is 18.9 Å². The fraction of sp³-hybridized carbons (Fsp3) is 0.333. The molecule has 0 atom stereocenters. The Labute approximate surface area is 633 Å². The number of rotatable bonds is 12. The van der Waals surface area contributed by atoms with Crippen LogP contribution in [0, 0.1) is 0 Å². The van der Waals surface area contributed by atoms with Crippen LogP contribution in [0.25, 0.3) is 43.6 Å². The minimum absolute atomic E-state index is 0.0150. The summed E-state index contributed by atoms with van der Waals surface area (Å²) >= 11 is 0. The van der Waals surface area contributed by atoms with Crippen LogP contribution in [0.1, 0.15) is 150 Å². The second-order valence-corrected chi connectivity index (χ2v) is 37.0. The molecule has 0 saturated carbocycles. The van der Waals surface area contributed by atoms with Gasteiger partial charge >= 0.3 is 49.4 Å². The van der Waals surface area contributed by atoms with Gasteiger partial charge in [0.2, 0.25) is 0 Å². The number of sulfonamides is 4. The van der Waals surface area contributed by atoms with Crippen LogP contribution in [-0.4, -0.2) is 43.6 Å². The van der Waals surface area contributed by atoms with E-state index in [1.807, 2.05) is 0 Å². The maximum atomic E-state index is 14.1. The molecule has 2 heterocycles. The van der Waals surface area contributed by atoms with Crippen molar-refractivity contribution in [1.82, 2.24) is 9.97 Å². The third-order valence-electron chi connectivity index (χ3n) is 17.5. The quantitative estimate of drug-likeness (QED) is 0.0645. The summed E-state index contributed by atoms with van der Waals surface area (Å²) in [7, 11) is -20.6. The Morgan fingerprint density at radius 3 is 0.447 bits per heavy atom. The highest BCUT2D eigenvalue weighted by atomic mass is 32.2. The van der Waals surface area contributed by atoms with Crippen LogP contribution < -0.4 is 18.9 Å². The van der Waals surface area contributed by atoms with Crippen molar-refractivity contribution < 1.29 is 139 Å². The highest BCUT2D eigenvalue weighted by molar-refractivity contribution is 7.94. The summed E-state index contributed by atoms with van der Waals surface area (Å²) in [4.78, 5) is 2.26. The largest absolute Gasteiger partial charge is 0.416 e. The summed E-state index contributed by atoms with van der Waals surface area (Å²) in [5.74, 6) is 0. The van der Waals surface area contributed by atoms with Crippen LogP contribution >= 0.6 is 0 Å². The average molecular weight is 1720 g/mol. The molecule has 42 heteroatoms. The Morgan fingerprint density at radius 1 is 0.202 bits per heavy atom. The molecule has 14 nitrogen and oxygen atoms in total. The monoisotopic (exact) mass is 1720 g/mol. The van der Waals surface area contributed by atoms with E-state index >= 15 is 0 Å². The zero-order valence-electron chi connectivity index (χ0n) is 60.5. The van der Waals surface area contributed by atoms with Gasteiger partial charge in [-0.15, -0.1) is 0 Å². The van der Waals surface area contributed by atoms with E-state index in [0.29, 0.717) is 0 Å². The molecule has 620 valence electrons. The molecular weight excluding hydrogens is 1660 g/mol. The standard InChI is InChI=1S/2C36H31F12N3O4S2/c2*1-31(2,3)17-13-25-26-14-18(32(4,5)6)16-28(57(54,55)51-24-11-21(35(43,44)45)8-22(12-24)36(46,47)48)30(26)49-29(25)27(15-17)56(52,53)50-23-9-19(33(37,38)39)7-20(10-23)34(40,41)42/h2*7-16,49-51H,1-6H3. The van der Waals surface area contributed by atoms with E-state index in [4.69, 9.17) is 0 Å². The molecule has 6 N–H and O–H groups in total. The van der Waals surface area contributed by atoms with Crippen molar-refractivity contribution >= 4 is 106 Å². The molecule has 10 rings (SSSR count). The number of benzene rings is 8. The van der Waals surface area contributed by atoms with Gasteiger partial charge < -0.3 is 9.97 Å². The molecule has 0 radical (unpaired) electrons. The first-order valence-corrected chi connectivity index (χ1v) is 38.5. The Hall–Kier alpha value is -9.32. The second kappa shape index (κ2) is 28.3. The second-order valence-electron chi connectivity index (χ2n) is 30.4. The first kappa shape index (κ1) is 88.6. The van der Waals surface area contributed by atoms with Gasteiger partial charge in [0.1, 0.15) is 19.6 Å². The van der Waals surface area contributed by atoms with E-state index < -0.39 is 220 Å². The van der Waals surface area contributed by atoms with Gasteiger partial charge in [-0.2, -0.15) is 105 Å². The zero-order chi connectivity index (χ0) is 86.6. The van der Waals surface area contributed by atoms with Gasteiger partial charge in [0.05, 0.1) is 89.3 Å². The van der Waals surface area contributed by atoms with E-state index in [-0.39, 0.29) is 117 Å².